The summed E-state index contributed by atoms with van der Waals surface area (Å²) >= 11 is 0. The molecule has 3 saturated heterocycles. The zero-order valence-corrected chi connectivity index (χ0v) is 31.9. The zero-order valence-electron chi connectivity index (χ0n) is 31.9. The monoisotopic (exact) mass is 731 g/mol. The van der Waals surface area contributed by atoms with E-state index in [-0.39, 0.29) is 17.9 Å². The molecule has 4 nitrogen and oxygen atoms in total. The highest BCUT2D eigenvalue weighted by Gasteiger charge is 2.55. The third-order valence-corrected chi connectivity index (χ3v) is 13.2. The lowest BCUT2D eigenvalue weighted by Gasteiger charge is -2.59. The Bertz CT molecular complexity index is 2690. The fourth-order valence-electron chi connectivity index (χ4n) is 10.4. The summed E-state index contributed by atoms with van der Waals surface area (Å²) in [5.41, 5.74) is 8.38. The van der Waals surface area contributed by atoms with Crippen molar-refractivity contribution in [2.45, 2.75) is 44.9 Å². The van der Waals surface area contributed by atoms with Crippen molar-refractivity contribution >= 4 is 32.4 Å². The molecule has 276 valence electrons. The molecule has 3 aliphatic rings. The average Bonchev–Trinajstić information content (AvgIpc) is 3.26. The summed E-state index contributed by atoms with van der Waals surface area (Å²) in [6, 6.07) is 56.3. The minimum atomic E-state index is -0.287. The first-order chi connectivity index (χ1) is 27.6. The number of phenolic OH excluding ortho intramolecular Hbond substituents is 1. The largest absolute Gasteiger partial charge is 0.508 e. The number of piperidine rings is 3. The molecule has 1 aromatic heterocycles. The van der Waals surface area contributed by atoms with Gasteiger partial charge in [0.05, 0.1) is 18.6 Å². The van der Waals surface area contributed by atoms with Gasteiger partial charge in [-0.15, -0.1) is 0 Å². The standard InChI is InChI=1S/C52H46N2O2/c1-2-35-33-54(34-41-29-38(36-13-5-3-6-14-36)21-23-43(41)37-15-7-4-8-16-37)28-26-39(35)30-50(54)52(47-25-27-53-49-24-22-42(55)32-48(47)49)56-51-31-40-17-9-10-18-44(40)45-19-11-12-20-46(45)51/h3-25,27,29,31-32,35,39,50,52H,2,26,28,30,33-34H2,1H3/p+1/t35?,39?,50?,52-,54?/m0/s1. The van der Waals surface area contributed by atoms with Crippen LogP contribution in [-0.4, -0.2) is 33.7 Å². The third kappa shape index (κ3) is 6.09. The molecule has 11 rings (SSSR count). The van der Waals surface area contributed by atoms with E-state index < -0.39 is 0 Å². The number of rotatable bonds is 9. The van der Waals surface area contributed by atoms with Crippen LogP contribution in [0, 0.1) is 11.8 Å². The van der Waals surface area contributed by atoms with Crippen molar-refractivity contribution in [3.63, 3.8) is 0 Å². The fraction of sp³-hybridized carbons (Fsp3) is 0.212. The number of pyridine rings is 1. The van der Waals surface area contributed by atoms with E-state index in [4.69, 9.17) is 9.72 Å². The molecule has 0 saturated carbocycles. The highest BCUT2D eigenvalue weighted by atomic mass is 16.5. The lowest BCUT2D eigenvalue weighted by molar-refractivity contribution is -0.985. The normalized spacial score (nSPS) is 21.1. The summed E-state index contributed by atoms with van der Waals surface area (Å²) in [5.74, 6) is 2.43. The van der Waals surface area contributed by atoms with Crippen molar-refractivity contribution in [3.8, 4) is 33.8 Å². The topological polar surface area (TPSA) is 42.4 Å². The minimum absolute atomic E-state index is 0.165. The lowest BCUT2D eigenvalue weighted by Crippen LogP contribution is -2.68. The number of hydrogen-bond donors (Lipinski definition) is 1. The van der Waals surface area contributed by atoms with Gasteiger partial charge < -0.3 is 14.3 Å². The van der Waals surface area contributed by atoms with Gasteiger partial charge in [-0.2, -0.15) is 0 Å². The molecule has 3 aliphatic heterocycles. The van der Waals surface area contributed by atoms with Crippen LogP contribution >= 0.6 is 0 Å². The molecule has 0 spiro atoms. The molecule has 0 radical (unpaired) electrons. The van der Waals surface area contributed by atoms with Crippen molar-refractivity contribution in [2.24, 2.45) is 11.8 Å². The van der Waals surface area contributed by atoms with Gasteiger partial charge in [0.1, 0.15) is 24.1 Å². The van der Waals surface area contributed by atoms with Gasteiger partial charge >= 0.3 is 0 Å². The molecule has 2 bridgehead atoms. The predicted octanol–water partition coefficient (Wildman–Crippen LogP) is 12.5. The smallest absolute Gasteiger partial charge is 0.176 e. The van der Waals surface area contributed by atoms with E-state index in [0.29, 0.717) is 11.8 Å². The molecule has 56 heavy (non-hydrogen) atoms. The van der Waals surface area contributed by atoms with Gasteiger partial charge in [-0.25, -0.2) is 0 Å². The van der Waals surface area contributed by atoms with Gasteiger partial charge in [0, 0.05) is 46.9 Å². The number of phenols is 1. The number of hydrogen-bond acceptors (Lipinski definition) is 3. The van der Waals surface area contributed by atoms with Gasteiger partial charge in [-0.05, 0) is 87.1 Å². The number of fused-ring (bicyclic) bond motifs is 7. The molecule has 4 heterocycles. The van der Waals surface area contributed by atoms with Crippen molar-refractivity contribution in [1.29, 1.82) is 0 Å². The first-order valence-corrected chi connectivity index (χ1v) is 20.3. The Morgan fingerprint density at radius 2 is 1.43 bits per heavy atom. The molecule has 0 amide bonds. The highest BCUT2D eigenvalue weighted by Crippen LogP contribution is 2.51. The first-order valence-electron chi connectivity index (χ1n) is 20.3. The zero-order chi connectivity index (χ0) is 37.6. The van der Waals surface area contributed by atoms with Crippen LogP contribution in [0.4, 0.5) is 0 Å². The van der Waals surface area contributed by atoms with E-state index in [9.17, 15) is 5.11 Å². The van der Waals surface area contributed by atoms with E-state index in [2.05, 4.69) is 146 Å². The lowest BCUT2D eigenvalue weighted by atomic mass is 9.70. The molecular formula is C52H47N2O2+. The predicted molar refractivity (Wildman–Crippen MR) is 230 cm³/mol. The summed E-state index contributed by atoms with van der Waals surface area (Å²) in [6.45, 7) is 5.51. The molecule has 4 heteroatoms. The Kier molecular flexibility index (Phi) is 8.79. The molecular weight excluding hydrogens is 685 g/mol. The third-order valence-electron chi connectivity index (χ3n) is 13.2. The number of ether oxygens (including phenoxy) is 1. The maximum absolute atomic E-state index is 10.9. The Balaban J connectivity index is 1.18. The Morgan fingerprint density at radius 1 is 0.696 bits per heavy atom. The van der Waals surface area contributed by atoms with Crippen molar-refractivity contribution in [3.05, 3.63) is 175 Å². The van der Waals surface area contributed by atoms with Crippen molar-refractivity contribution in [2.75, 3.05) is 13.1 Å². The van der Waals surface area contributed by atoms with Gasteiger partial charge in [0.15, 0.2) is 6.10 Å². The Hall–Kier alpha value is -5.97. The number of quaternary nitrogens is 1. The molecule has 8 aromatic rings. The second-order valence-corrected chi connectivity index (χ2v) is 16.2. The van der Waals surface area contributed by atoms with Gasteiger partial charge in [-0.3, -0.25) is 4.98 Å². The van der Waals surface area contributed by atoms with Gasteiger partial charge in [0.2, 0.25) is 0 Å². The van der Waals surface area contributed by atoms with E-state index >= 15 is 0 Å². The quantitative estimate of drug-likeness (QED) is 0.119. The van der Waals surface area contributed by atoms with Gasteiger partial charge in [0.25, 0.3) is 0 Å². The second kappa shape index (κ2) is 14.3. The highest BCUT2D eigenvalue weighted by molar-refractivity contribution is 6.10. The average molecular weight is 732 g/mol. The van der Waals surface area contributed by atoms with E-state index in [1.54, 1.807) is 6.07 Å². The number of aromatic hydroxyl groups is 1. The van der Waals surface area contributed by atoms with Gasteiger partial charge in [-0.1, -0.05) is 128 Å². The minimum Gasteiger partial charge on any atom is -0.508 e. The summed E-state index contributed by atoms with van der Waals surface area (Å²) < 4.78 is 8.63. The van der Waals surface area contributed by atoms with Crippen LogP contribution in [-0.2, 0) is 6.54 Å². The Labute approximate surface area is 329 Å². The summed E-state index contributed by atoms with van der Waals surface area (Å²) in [4.78, 5) is 4.78. The summed E-state index contributed by atoms with van der Waals surface area (Å²) in [6.07, 6.45) is 5.12. The van der Waals surface area contributed by atoms with Crippen LogP contribution in [0.3, 0.4) is 0 Å². The van der Waals surface area contributed by atoms with Crippen LogP contribution in [0.2, 0.25) is 0 Å². The summed E-state index contributed by atoms with van der Waals surface area (Å²) in [5, 5.41) is 16.6. The maximum Gasteiger partial charge on any atom is 0.176 e. The molecule has 4 unspecified atom stereocenters. The van der Waals surface area contributed by atoms with E-state index in [0.717, 1.165) is 58.1 Å². The van der Waals surface area contributed by atoms with Crippen LogP contribution in [0.15, 0.2) is 164 Å². The van der Waals surface area contributed by atoms with E-state index in [1.165, 1.54) is 56.8 Å². The number of nitrogens with zero attached hydrogens (tertiary/aromatic N) is 2. The number of aromatic nitrogens is 1. The van der Waals surface area contributed by atoms with Crippen LogP contribution in [0.25, 0.3) is 54.7 Å². The SMILES string of the molecule is CCC1C[N+]2(Cc3cc(-c4ccccc4)ccc3-c3ccccc3)CCC1CC2[C@@H](Oc1cc2ccccc2c2ccccc12)c1ccnc2ccc(O)cc12. The van der Waals surface area contributed by atoms with E-state index in [1.807, 2.05) is 18.3 Å². The van der Waals surface area contributed by atoms with Crippen LogP contribution < -0.4 is 4.74 Å². The van der Waals surface area contributed by atoms with Crippen LogP contribution in [0.1, 0.15) is 43.4 Å². The molecule has 1 N–H and O–H groups in total. The molecule has 3 fully saturated rings. The molecule has 7 aromatic carbocycles. The first kappa shape index (κ1) is 34.5. The number of benzene rings is 7. The summed E-state index contributed by atoms with van der Waals surface area (Å²) in [7, 11) is 0. The maximum atomic E-state index is 10.9. The molecule has 0 aliphatic carbocycles. The van der Waals surface area contributed by atoms with Crippen LogP contribution in [0.5, 0.6) is 11.5 Å². The second-order valence-electron chi connectivity index (χ2n) is 16.2. The Morgan fingerprint density at radius 3 is 2.23 bits per heavy atom. The van der Waals surface area contributed by atoms with Crippen molar-refractivity contribution < 1.29 is 14.3 Å². The fourth-order valence-corrected chi connectivity index (χ4v) is 10.4. The van der Waals surface area contributed by atoms with Crippen molar-refractivity contribution in [1.82, 2.24) is 4.98 Å². The molecule has 5 atom stereocenters.